The van der Waals surface area contributed by atoms with Crippen molar-refractivity contribution < 1.29 is 24.5 Å². The molecule has 0 aromatic heterocycles. The fourth-order valence-electron chi connectivity index (χ4n) is 2.05. The van der Waals surface area contributed by atoms with E-state index in [1.54, 1.807) is 18.2 Å². The summed E-state index contributed by atoms with van der Waals surface area (Å²) in [5.41, 5.74) is 1.98. The van der Waals surface area contributed by atoms with E-state index >= 15 is 0 Å². The molecular weight excluding hydrogens is 272 g/mol. The molecule has 5 nitrogen and oxygen atoms in total. The van der Waals surface area contributed by atoms with Crippen LogP contribution >= 0.6 is 0 Å². The first kappa shape index (κ1) is 14.9. The minimum absolute atomic E-state index is 0.0267. The SMILES string of the molecule is COc1cc(C=O)cc(Cc2ccc(OCO)cc2)c1O. The van der Waals surface area contributed by atoms with Crippen LogP contribution in [0.2, 0.25) is 0 Å². The number of hydrogen-bond acceptors (Lipinski definition) is 5. The Morgan fingerprint density at radius 3 is 2.48 bits per heavy atom. The first-order valence-electron chi connectivity index (χ1n) is 6.35. The summed E-state index contributed by atoms with van der Waals surface area (Å²) < 4.78 is 10.0. The minimum atomic E-state index is -0.376. The molecule has 0 radical (unpaired) electrons. The van der Waals surface area contributed by atoms with Crippen LogP contribution in [-0.2, 0) is 6.42 Å². The maximum atomic E-state index is 10.9. The van der Waals surface area contributed by atoms with Crippen LogP contribution in [-0.4, -0.2) is 30.4 Å². The van der Waals surface area contributed by atoms with Gasteiger partial charge in [0.25, 0.3) is 0 Å². The van der Waals surface area contributed by atoms with Gasteiger partial charge in [0.1, 0.15) is 12.0 Å². The predicted molar refractivity (Wildman–Crippen MR) is 77.0 cm³/mol. The summed E-state index contributed by atoms with van der Waals surface area (Å²) in [5.74, 6) is 0.860. The van der Waals surface area contributed by atoms with E-state index in [1.165, 1.54) is 13.2 Å². The van der Waals surface area contributed by atoms with Crippen LogP contribution in [0.3, 0.4) is 0 Å². The van der Waals surface area contributed by atoms with Crippen LogP contribution in [0.5, 0.6) is 17.2 Å². The van der Waals surface area contributed by atoms with Crippen molar-refractivity contribution in [1.29, 1.82) is 0 Å². The van der Waals surface area contributed by atoms with Gasteiger partial charge in [0.2, 0.25) is 0 Å². The molecule has 2 N–H and O–H groups in total. The van der Waals surface area contributed by atoms with E-state index in [9.17, 15) is 9.90 Å². The average Bonchev–Trinajstić information content (AvgIpc) is 2.51. The van der Waals surface area contributed by atoms with E-state index in [2.05, 4.69) is 0 Å². The molecule has 2 rings (SSSR count). The van der Waals surface area contributed by atoms with E-state index in [4.69, 9.17) is 14.6 Å². The molecule has 0 bridgehead atoms. The molecule has 5 heteroatoms. The van der Waals surface area contributed by atoms with E-state index < -0.39 is 0 Å². The fourth-order valence-corrected chi connectivity index (χ4v) is 2.05. The lowest BCUT2D eigenvalue weighted by molar-refractivity contribution is 0.0985. The minimum Gasteiger partial charge on any atom is -0.504 e. The van der Waals surface area contributed by atoms with Gasteiger partial charge in [-0.2, -0.15) is 0 Å². The van der Waals surface area contributed by atoms with Crippen LogP contribution in [0.15, 0.2) is 36.4 Å². The summed E-state index contributed by atoms with van der Waals surface area (Å²) in [6.45, 7) is -0.376. The summed E-state index contributed by atoms with van der Waals surface area (Å²) >= 11 is 0. The smallest absolute Gasteiger partial charge is 0.186 e. The van der Waals surface area contributed by atoms with Gasteiger partial charge in [0.15, 0.2) is 18.3 Å². The number of aldehydes is 1. The zero-order valence-electron chi connectivity index (χ0n) is 11.6. The number of aliphatic hydroxyl groups is 1. The maximum Gasteiger partial charge on any atom is 0.186 e. The highest BCUT2D eigenvalue weighted by atomic mass is 16.6. The lowest BCUT2D eigenvalue weighted by atomic mass is 10.0. The second-order valence-electron chi connectivity index (χ2n) is 4.44. The van der Waals surface area contributed by atoms with Gasteiger partial charge in [-0.05, 0) is 29.8 Å². The van der Waals surface area contributed by atoms with Gasteiger partial charge in [0.05, 0.1) is 7.11 Å². The van der Waals surface area contributed by atoms with Crippen LogP contribution in [0.25, 0.3) is 0 Å². The number of phenolic OH excluding ortho intramolecular Hbond substituents is 1. The summed E-state index contributed by atoms with van der Waals surface area (Å²) in [6, 6.07) is 10.2. The summed E-state index contributed by atoms with van der Waals surface area (Å²) in [4.78, 5) is 10.9. The van der Waals surface area contributed by atoms with Gasteiger partial charge in [-0.15, -0.1) is 0 Å². The lowest BCUT2D eigenvalue weighted by Crippen LogP contribution is -1.96. The quantitative estimate of drug-likeness (QED) is 0.629. The van der Waals surface area contributed by atoms with E-state index in [1.807, 2.05) is 12.1 Å². The van der Waals surface area contributed by atoms with E-state index in [0.29, 0.717) is 29.6 Å². The monoisotopic (exact) mass is 288 g/mol. The molecule has 2 aromatic carbocycles. The molecule has 0 aliphatic heterocycles. The molecule has 0 aliphatic rings. The van der Waals surface area contributed by atoms with Crippen molar-refractivity contribution in [2.75, 3.05) is 13.9 Å². The Labute approximate surface area is 122 Å². The molecular formula is C16H16O5. The first-order chi connectivity index (χ1) is 10.2. The number of hydrogen-bond donors (Lipinski definition) is 2. The van der Waals surface area contributed by atoms with Gasteiger partial charge < -0.3 is 19.7 Å². The van der Waals surface area contributed by atoms with Crippen molar-refractivity contribution in [3.8, 4) is 17.2 Å². The van der Waals surface area contributed by atoms with Crippen molar-refractivity contribution in [3.05, 3.63) is 53.1 Å². The highest BCUT2D eigenvalue weighted by Gasteiger charge is 2.11. The normalized spacial score (nSPS) is 10.2. The van der Waals surface area contributed by atoms with E-state index in [-0.39, 0.29) is 18.3 Å². The van der Waals surface area contributed by atoms with Gasteiger partial charge in [0, 0.05) is 17.5 Å². The highest BCUT2D eigenvalue weighted by Crippen LogP contribution is 2.32. The van der Waals surface area contributed by atoms with Gasteiger partial charge in [-0.25, -0.2) is 0 Å². The largest absolute Gasteiger partial charge is 0.504 e. The summed E-state index contributed by atoms with van der Waals surface area (Å²) in [5, 5.41) is 18.8. The third-order valence-corrected chi connectivity index (χ3v) is 3.08. The number of aromatic hydroxyl groups is 1. The van der Waals surface area contributed by atoms with Crippen molar-refractivity contribution in [2.45, 2.75) is 6.42 Å². The Balaban J connectivity index is 2.27. The predicted octanol–water partition coefficient (Wildman–Crippen LogP) is 2.13. The number of phenols is 1. The van der Waals surface area contributed by atoms with Crippen LogP contribution in [0.4, 0.5) is 0 Å². The molecule has 0 amide bonds. The molecule has 0 spiro atoms. The maximum absolute atomic E-state index is 10.9. The standard InChI is InChI=1S/C16H16O5/c1-20-15-8-12(9-17)7-13(16(15)19)6-11-2-4-14(5-3-11)21-10-18/h2-5,7-9,18-19H,6,10H2,1H3. The Morgan fingerprint density at radius 1 is 1.19 bits per heavy atom. The molecule has 0 fully saturated rings. The second kappa shape index (κ2) is 6.76. The van der Waals surface area contributed by atoms with Crippen molar-refractivity contribution >= 4 is 6.29 Å². The highest BCUT2D eigenvalue weighted by molar-refractivity contribution is 5.77. The van der Waals surface area contributed by atoms with Crippen LogP contribution < -0.4 is 9.47 Å². The summed E-state index contributed by atoms with van der Waals surface area (Å²) in [6.07, 6.45) is 1.16. The Bertz CT molecular complexity index is 619. The van der Waals surface area contributed by atoms with E-state index in [0.717, 1.165) is 5.56 Å². The Hall–Kier alpha value is -2.53. The fraction of sp³-hybridized carbons (Fsp3) is 0.188. The molecule has 21 heavy (non-hydrogen) atoms. The van der Waals surface area contributed by atoms with Gasteiger partial charge in [-0.1, -0.05) is 12.1 Å². The first-order valence-corrected chi connectivity index (χ1v) is 6.35. The average molecular weight is 288 g/mol. The van der Waals surface area contributed by atoms with Gasteiger partial charge in [-0.3, -0.25) is 4.79 Å². The molecule has 0 heterocycles. The molecule has 110 valence electrons. The van der Waals surface area contributed by atoms with Crippen molar-refractivity contribution in [3.63, 3.8) is 0 Å². The zero-order valence-corrected chi connectivity index (χ0v) is 11.6. The zero-order chi connectivity index (χ0) is 15.2. The number of aliphatic hydroxyl groups excluding tert-OH is 1. The number of methoxy groups -OCH3 is 1. The molecule has 0 saturated heterocycles. The van der Waals surface area contributed by atoms with Crippen LogP contribution in [0.1, 0.15) is 21.5 Å². The number of benzene rings is 2. The number of ether oxygens (including phenoxy) is 2. The number of carbonyl (C=O) groups is 1. The molecule has 0 saturated carbocycles. The Kier molecular flexibility index (Phi) is 4.79. The van der Waals surface area contributed by atoms with Crippen molar-refractivity contribution in [1.82, 2.24) is 0 Å². The van der Waals surface area contributed by atoms with Crippen molar-refractivity contribution in [2.24, 2.45) is 0 Å². The molecule has 0 unspecified atom stereocenters. The molecule has 0 aliphatic carbocycles. The third kappa shape index (κ3) is 3.52. The molecule has 0 atom stereocenters. The number of rotatable bonds is 6. The third-order valence-electron chi connectivity index (χ3n) is 3.08. The summed E-state index contributed by atoms with van der Waals surface area (Å²) in [7, 11) is 1.44. The number of carbonyl (C=O) groups excluding carboxylic acids is 1. The lowest BCUT2D eigenvalue weighted by Gasteiger charge is -2.11. The second-order valence-corrected chi connectivity index (χ2v) is 4.44. The topological polar surface area (TPSA) is 76.0 Å². The van der Waals surface area contributed by atoms with Crippen LogP contribution in [0, 0.1) is 0 Å². The van der Waals surface area contributed by atoms with Gasteiger partial charge >= 0.3 is 0 Å². The molecule has 2 aromatic rings. The Morgan fingerprint density at radius 2 is 1.90 bits per heavy atom.